The van der Waals surface area contributed by atoms with Crippen molar-refractivity contribution in [1.82, 2.24) is 10.1 Å². The fourth-order valence-electron chi connectivity index (χ4n) is 4.58. The molecule has 0 bridgehead atoms. The Bertz CT molecular complexity index is 1180. The number of nitrogens with zero attached hydrogens (tertiary/aromatic N) is 4. The number of piperidine rings is 1. The summed E-state index contributed by atoms with van der Waals surface area (Å²) < 4.78 is 12.2. The van der Waals surface area contributed by atoms with Crippen LogP contribution in [0, 0.1) is 0 Å². The van der Waals surface area contributed by atoms with E-state index in [2.05, 4.69) is 27.1 Å². The van der Waals surface area contributed by atoms with Gasteiger partial charge in [0.15, 0.2) is 5.84 Å². The smallest absolute Gasteiger partial charge is 0.171 e. The van der Waals surface area contributed by atoms with Gasteiger partial charge in [-0.05, 0) is 50.8 Å². The van der Waals surface area contributed by atoms with Gasteiger partial charge in [0, 0.05) is 41.4 Å². The summed E-state index contributed by atoms with van der Waals surface area (Å²) in [6.45, 7) is 3.47. The maximum absolute atomic E-state index is 8.84. The molecular weight excluding hydrogens is 454 g/mol. The van der Waals surface area contributed by atoms with E-state index < -0.39 is 0 Å². The minimum absolute atomic E-state index is 0.0506. The number of anilines is 1. The maximum atomic E-state index is 8.84. The van der Waals surface area contributed by atoms with Crippen LogP contribution in [0.2, 0.25) is 5.02 Å². The predicted octanol–water partition coefficient (Wildman–Crippen LogP) is 4.94. The zero-order valence-corrected chi connectivity index (χ0v) is 19.8. The minimum atomic E-state index is 0.0506. The second kappa shape index (κ2) is 9.64. The quantitative estimate of drug-likeness (QED) is 0.213. The zero-order valence-electron chi connectivity index (χ0n) is 19.0. The number of ether oxygens (including phenoxy) is 1. The summed E-state index contributed by atoms with van der Waals surface area (Å²) in [6.07, 6.45) is 5.78. The lowest BCUT2D eigenvalue weighted by Gasteiger charge is -2.38. The molecule has 1 aliphatic carbocycles. The highest BCUT2D eigenvalue weighted by molar-refractivity contribution is 6.33. The van der Waals surface area contributed by atoms with Gasteiger partial charge in [-0.1, -0.05) is 40.1 Å². The van der Waals surface area contributed by atoms with E-state index >= 15 is 0 Å². The number of pyridine rings is 1. The molecule has 1 aliphatic heterocycles. The molecule has 3 aromatic rings. The molecule has 9 heteroatoms. The topological polar surface area (TPSA) is 110 Å². The summed E-state index contributed by atoms with van der Waals surface area (Å²) >= 11 is 6.45. The van der Waals surface area contributed by atoms with Crippen molar-refractivity contribution in [2.45, 2.75) is 57.3 Å². The Balaban J connectivity index is 1.26. The molecule has 2 atom stereocenters. The van der Waals surface area contributed by atoms with Gasteiger partial charge in [-0.25, -0.2) is 4.98 Å². The number of hydrogen-bond donors (Lipinski definition) is 2. The van der Waals surface area contributed by atoms with E-state index in [0.717, 1.165) is 60.6 Å². The molecule has 5 rings (SSSR count). The zero-order chi connectivity index (χ0) is 23.7. The molecular formula is C25H28ClN5O3. The van der Waals surface area contributed by atoms with Gasteiger partial charge in [0.2, 0.25) is 0 Å². The number of rotatable bonds is 7. The van der Waals surface area contributed by atoms with Gasteiger partial charge in [-0.15, -0.1) is 0 Å². The molecule has 3 heterocycles. The highest BCUT2D eigenvalue weighted by Crippen LogP contribution is 2.45. The SMILES string of the molecule is C[C@@H]1C[C@H](OCc2c(-c3ccccc3Cl)noc2C2CC2)CCN1c1ccc(C(N)=NO)cn1. The summed E-state index contributed by atoms with van der Waals surface area (Å²) in [5.74, 6) is 2.30. The van der Waals surface area contributed by atoms with E-state index in [0.29, 0.717) is 23.1 Å². The Morgan fingerprint density at radius 1 is 1.26 bits per heavy atom. The van der Waals surface area contributed by atoms with Crippen molar-refractivity contribution in [3.8, 4) is 11.3 Å². The second-order valence-electron chi connectivity index (χ2n) is 9.02. The summed E-state index contributed by atoms with van der Waals surface area (Å²) in [7, 11) is 0. The number of benzene rings is 1. The largest absolute Gasteiger partial charge is 0.409 e. The molecule has 0 radical (unpaired) electrons. The number of oxime groups is 1. The van der Waals surface area contributed by atoms with Crippen molar-refractivity contribution >= 4 is 23.3 Å². The molecule has 8 nitrogen and oxygen atoms in total. The van der Waals surface area contributed by atoms with Crippen molar-refractivity contribution in [2.75, 3.05) is 11.4 Å². The number of amidine groups is 1. The van der Waals surface area contributed by atoms with Crippen LogP contribution in [-0.2, 0) is 11.3 Å². The minimum Gasteiger partial charge on any atom is -0.409 e. The Kier molecular flexibility index (Phi) is 6.43. The lowest BCUT2D eigenvalue weighted by Crippen LogP contribution is -2.44. The molecule has 0 spiro atoms. The molecule has 0 amide bonds. The highest BCUT2D eigenvalue weighted by atomic mass is 35.5. The average molecular weight is 482 g/mol. The number of nitrogens with two attached hydrogens (primary N) is 1. The lowest BCUT2D eigenvalue weighted by atomic mass is 10.00. The number of hydrogen-bond acceptors (Lipinski definition) is 7. The van der Waals surface area contributed by atoms with Gasteiger partial charge in [-0.2, -0.15) is 0 Å². The number of aromatic nitrogens is 2. The van der Waals surface area contributed by atoms with Crippen molar-refractivity contribution < 1.29 is 14.5 Å². The summed E-state index contributed by atoms with van der Waals surface area (Å²) in [5, 5.41) is 16.9. The first-order chi connectivity index (χ1) is 16.5. The molecule has 2 fully saturated rings. The fourth-order valence-corrected chi connectivity index (χ4v) is 4.81. The first-order valence-electron chi connectivity index (χ1n) is 11.6. The standard InChI is InChI=1S/C25H28ClN5O3/c1-15-12-18(10-11-31(15)22-9-8-17(13-28-22)25(27)29-32)33-14-20-23(19-4-2-3-5-21(19)26)30-34-24(20)16-6-7-16/h2-5,8-9,13,15-16,18,32H,6-7,10-12,14H2,1H3,(H2,27,29)/t15-,18-/m1/s1. The van der Waals surface area contributed by atoms with E-state index in [9.17, 15) is 0 Å². The molecule has 1 saturated carbocycles. The van der Waals surface area contributed by atoms with Gasteiger partial charge in [0.1, 0.15) is 17.3 Å². The second-order valence-corrected chi connectivity index (χ2v) is 9.43. The maximum Gasteiger partial charge on any atom is 0.171 e. The average Bonchev–Trinajstić information content (AvgIpc) is 3.62. The highest BCUT2D eigenvalue weighted by Gasteiger charge is 2.34. The third-order valence-corrected chi connectivity index (χ3v) is 6.96. The van der Waals surface area contributed by atoms with E-state index in [1.54, 1.807) is 6.20 Å². The molecule has 0 unspecified atom stereocenters. The van der Waals surface area contributed by atoms with Crippen molar-refractivity contribution in [3.05, 3.63) is 64.5 Å². The monoisotopic (exact) mass is 481 g/mol. The molecule has 3 N–H and O–H groups in total. The molecule has 1 saturated heterocycles. The molecule has 34 heavy (non-hydrogen) atoms. The molecule has 2 aromatic heterocycles. The summed E-state index contributed by atoms with van der Waals surface area (Å²) in [5.41, 5.74) is 8.91. The molecule has 1 aromatic carbocycles. The summed E-state index contributed by atoms with van der Waals surface area (Å²) in [4.78, 5) is 6.77. The van der Waals surface area contributed by atoms with Crippen LogP contribution in [-0.4, -0.2) is 39.9 Å². The predicted molar refractivity (Wildman–Crippen MR) is 130 cm³/mol. The van der Waals surface area contributed by atoms with Crippen LogP contribution >= 0.6 is 11.6 Å². The Morgan fingerprint density at radius 3 is 2.76 bits per heavy atom. The molecule has 178 valence electrons. The third-order valence-electron chi connectivity index (χ3n) is 6.63. The van der Waals surface area contributed by atoms with E-state index in [-0.39, 0.29) is 18.0 Å². The molecule has 2 aliphatic rings. The Hall–Kier alpha value is -3.10. The normalized spacial score (nSPS) is 21.1. The van der Waals surface area contributed by atoms with Crippen LogP contribution in [0.5, 0.6) is 0 Å². The van der Waals surface area contributed by atoms with Crippen LogP contribution in [0.4, 0.5) is 5.82 Å². The lowest BCUT2D eigenvalue weighted by molar-refractivity contribution is 0.0174. The van der Waals surface area contributed by atoms with E-state index in [1.165, 1.54) is 0 Å². The fraction of sp³-hybridized carbons (Fsp3) is 0.400. The summed E-state index contributed by atoms with van der Waals surface area (Å²) in [6, 6.07) is 11.7. The van der Waals surface area contributed by atoms with Crippen LogP contribution in [0.1, 0.15) is 55.4 Å². The van der Waals surface area contributed by atoms with Crippen LogP contribution in [0.25, 0.3) is 11.3 Å². The first-order valence-corrected chi connectivity index (χ1v) is 12.0. The van der Waals surface area contributed by atoms with Gasteiger partial charge >= 0.3 is 0 Å². The van der Waals surface area contributed by atoms with Gasteiger partial charge in [0.25, 0.3) is 0 Å². The van der Waals surface area contributed by atoms with Gasteiger partial charge in [0.05, 0.1) is 17.7 Å². The first kappa shape index (κ1) is 22.7. The van der Waals surface area contributed by atoms with Crippen molar-refractivity contribution in [2.24, 2.45) is 10.9 Å². The van der Waals surface area contributed by atoms with Crippen molar-refractivity contribution in [1.29, 1.82) is 0 Å². The Labute approximate surface area is 203 Å². The Morgan fingerprint density at radius 2 is 2.09 bits per heavy atom. The van der Waals surface area contributed by atoms with Crippen molar-refractivity contribution in [3.63, 3.8) is 0 Å². The van der Waals surface area contributed by atoms with Crippen LogP contribution in [0.3, 0.4) is 0 Å². The van der Waals surface area contributed by atoms with Crippen LogP contribution < -0.4 is 10.6 Å². The third kappa shape index (κ3) is 4.60. The van der Waals surface area contributed by atoms with E-state index in [4.69, 9.17) is 31.8 Å². The van der Waals surface area contributed by atoms with Crippen LogP contribution in [0.15, 0.2) is 52.3 Å². The van der Waals surface area contributed by atoms with E-state index in [1.807, 2.05) is 36.4 Å². The number of halogens is 1. The van der Waals surface area contributed by atoms with Gasteiger partial charge in [-0.3, -0.25) is 0 Å². The van der Waals surface area contributed by atoms with Gasteiger partial charge < -0.3 is 25.1 Å².